The molecule has 0 aliphatic heterocycles. The minimum absolute atomic E-state index is 0.105. The maximum atomic E-state index is 12.1. The van der Waals surface area contributed by atoms with Gasteiger partial charge in [-0.25, -0.2) is 21.6 Å². The molecule has 0 aromatic heterocycles. The molecular weight excluding hydrogens is 312 g/mol. The van der Waals surface area contributed by atoms with Crippen molar-refractivity contribution in [1.29, 1.82) is 0 Å². The SMILES string of the molecule is CCNc1ccc(S(=O)(=O)NCC(C)(C)S(C)(=O)=O)cc1. The third kappa shape index (κ3) is 4.69. The van der Waals surface area contributed by atoms with Gasteiger partial charge < -0.3 is 5.32 Å². The van der Waals surface area contributed by atoms with Gasteiger partial charge in [0.15, 0.2) is 9.84 Å². The van der Waals surface area contributed by atoms with Crippen molar-refractivity contribution in [2.75, 3.05) is 24.7 Å². The van der Waals surface area contributed by atoms with Gasteiger partial charge in [-0.2, -0.15) is 0 Å². The zero-order valence-electron chi connectivity index (χ0n) is 12.7. The zero-order chi connectivity index (χ0) is 16.3. The molecule has 1 aromatic carbocycles. The minimum atomic E-state index is -3.73. The van der Waals surface area contributed by atoms with Gasteiger partial charge in [-0.15, -0.1) is 0 Å². The largest absolute Gasteiger partial charge is 0.385 e. The molecule has 0 bridgehead atoms. The van der Waals surface area contributed by atoms with Crippen LogP contribution >= 0.6 is 0 Å². The first kappa shape index (κ1) is 17.9. The van der Waals surface area contributed by atoms with Crippen LogP contribution in [0.4, 0.5) is 5.69 Å². The molecule has 0 amide bonds. The molecule has 1 aromatic rings. The van der Waals surface area contributed by atoms with Gasteiger partial charge in [0.05, 0.1) is 9.64 Å². The number of sulfone groups is 1. The van der Waals surface area contributed by atoms with E-state index >= 15 is 0 Å². The summed E-state index contributed by atoms with van der Waals surface area (Å²) in [6.45, 7) is 5.48. The van der Waals surface area contributed by atoms with Crippen molar-refractivity contribution in [2.24, 2.45) is 0 Å². The molecule has 0 unspecified atom stereocenters. The van der Waals surface area contributed by atoms with Crippen molar-refractivity contribution in [3.05, 3.63) is 24.3 Å². The Bertz CT molecular complexity index is 677. The molecule has 0 aliphatic rings. The molecule has 21 heavy (non-hydrogen) atoms. The fraction of sp³-hybridized carbons (Fsp3) is 0.538. The van der Waals surface area contributed by atoms with E-state index < -0.39 is 24.6 Å². The van der Waals surface area contributed by atoms with Crippen LogP contribution in [0, 0.1) is 0 Å². The predicted molar refractivity (Wildman–Crippen MR) is 84.7 cm³/mol. The van der Waals surface area contributed by atoms with Crippen molar-refractivity contribution in [3.63, 3.8) is 0 Å². The van der Waals surface area contributed by atoms with Gasteiger partial charge in [-0.1, -0.05) is 0 Å². The van der Waals surface area contributed by atoms with Gasteiger partial charge in [-0.3, -0.25) is 0 Å². The van der Waals surface area contributed by atoms with Crippen LogP contribution in [0.1, 0.15) is 20.8 Å². The second kappa shape index (κ2) is 6.33. The number of hydrogen-bond donors (Lipinski definition) is 2. The Balaban J connectivity index is 2.87. The van der Waals surface area contributed by atoms with Crippen LogP contribution in [0.2, 0.25) is 0 Å². The lowest BCUT2D eigenvalue weighted by atomic mass is 10.2. The molecule has 8 heteroatoms. The molecule has 0 atom stereocenters. The Morgan fingerprint density at radius 1 is 1.05 bits per heavy atom. The standard InChI is InChI=1S/C13H22N2O4S2/c1-5-14-11-6-8-12(9-7-11)21(18,19)15-10-13(2,3)20(4,16)17/h6-9,14-15H,5,10H2,1-4H3. The van der Waals surface area contributed by atoms with Crippen LogP contribution in [0.25, 0.3) is 0 Å². The molecule has 0 heterocycles. The van der Waals surface area contributed by atoms with E-state index in [0.717, 1.165) is 18.5 Å². The fourth-order valence-corrected chi connectivity index (χ4v) is 3.08. The summed E-state index contributed by atoms with van der Waals surface area (Å²) in [6.07, 6.45) is 1.09. The highest BCUT2D eigenvalue weighted by atomic mass is 32.2. The summed E-state index contributed by atoms with van der Waals surface area (Å²) in [7, 11) is -7.09. The van der Waals surface area contributed by atoms with Crippen molar-refractivity contribution in [3.8, 4) is 0 Å². The van der Waals surface area contributed by atoms with E-state index in [1.807, 2.05) is 6.92 Å². The lowest BCUT2D eigenvalue weighted by Crippen LogP contribution is -2.43. The summed E-state index contributed by atoms with van der Waals surface area (Å²) in [5, 5.41) is 3.07. The Kier molecular flexibility index (Phi) is 5.40. The normalized spacial score (nSPS) is 13.1. The summed E-state index contributed by atoms with van der Waals surface area (Å²) in [5.74, 6) is 0. The Morgan fingerprint density at radius 2 is 1.57 bits per heavy atom. The second-order valence-corrected chi connectivity index (χ2v) is 9.83. The summed E-state index contributed by atoms with van der Waals surface area (Å²) in [5.41, 5.74) is 0.827. The molecule has 0 radical (unpaired) electrons. The first-order valence-electron chi connectivity index (χ1n) is 6.53. The van der Waals surface area contributed by atoms with Crippen LogP contribution in [0.3, 0.4) is 0 Å². The van der Waals surface area contributed by atoms with Gasteiger partial charge in [0.25, 0.3) is 0 Å². The molecule has 2 N–H and O–H groups in total. The summed E-state index contributed by atoms with van der Waals surface area (Å²) in [4.78, 5) is 0.105. The summed E-state index contributed by atoms with van der Waals surface area (Å²) in [6, 6.07) is 6.29. The Morgan fingerprint density at radius 3 is 2.00 bits per heavy atom. The van der Waals surface area contributed by atoms with Crippen molar-refractivity contribution >= 4 is 25.5 Å². The highest BCUT2D eigenvalue weighted by molar-refractivity contribution is 7.92. The van der Waals surface area contributed by atoms with Crippen molar-refractivity contribution in [1.82, 2.24) is 4.72 Å². The van der Waals surface area contributed by atoms with E-state index in [9.17, 15) is 16.8 Å². The number of hydrogen-bond acceptors (Lipinski definition) is 5. The molecule has 0 spiro atoms. The maximum absolute atomic E-state index is 12.1. The van der Waals surface area contributed by atoms with Crippen molar-refractivity contribution < 1.29 is 16.8 Å². The smallest absolute Gasteiger partial charge is 0.240 e. The van der Waals surface area contributed by atoms with E-state index in [1.165, 1.54) is 26.0 Å². The third-order valence-corrected chi connectivity index (χ3v) is 6.81. The first-order chi connectivity index (χ1) is 9.49. The van der Waals surface area contributed by atoms with Crippen LogP contribution in [0.15, 0.2) is 29.2 Å². The molecular formula is C13H22N2O4S2. The van der Waals surface area contributed by atoms with E-state index in [0.29, 0.717) is 0 Å². The van der Waals surface area contributed by atoms with Crippen LogP contribution < -0.4 is 10.0 Å². The monoisotopic (exact) mass is 334 g/mol. The Labute approximate surface area is 126 Å². The lowest BCUT2D eigenvalue weighted by Gasteiger charge is -2.22. The second-order valence-electron chi connectivity index (χ2n) is 5.41. The molecule has 0 aliphatic carbocycles. The number of benzene rings is 1. The van der Waals surface area contributed by atoms with Crippen molar-refractivity contribution in [2.45, 2.75) is 30.4 Å². The molecule has 6 nitrogen and oxygen atoms in total. The molecule has 1 rings (SSSR count). The van der Waals surface area contributed by atoms with Gasteiger partial charge >= 0.3 is 0 Å². The molecule has 0 saturated heterocycles. The average Bonchev–Trinajstić information content (AvgIpc) is 2.36. The average molecular weight is 334 g/mol. The first-order valence-corrected chi connectivity index (χ1v) is 9.90. The number of anilines is 1. The predicted octanol–water partition coefficient (Wildman–Crippen LogP) is 1.22. The number of nitrogens with one attached hydrogen (secondary N) is 2. The zero-order valence-corrected chi connectivity index (χ0v) is 14.3. The quantitative estimate of drug-likeness (QED) is 0.782. The van der Waals surface area contributed by atoms with Crippen LogP contribution in [0.5, 0.6) is 0 Å². The van der Waals surface area contributed by atoms with Crippen LogP contribution in [-0.4, -0.2) is 40.9 Å². The fourth-order valence-electron chi connectivity index (χ4n) is 1.44. The van der Waals surface area contributed by atoms with E-state index in [2.05, 4.69) is 10.0 Å². The van der Waals surface area contributed by atoms with E-state index in [4.69, 9.17) is 0 Å². The highest BCUT2D eigenvalue weighted by Crippen LogP contribution is 2.17. The molecule has 120 valence electrons. The summed E-state index contributed by atoms with van der Waals surface area (Å²) >= 11 is 0. The van der Waals surface area contributed by atoms with Gasteiger partial charge in [0.2, 0.25) is 10.0 Å². The lowest BCUT2D eigenvalue weighted by molar-refractivity contribution is 0.537. The highest BCUT2D eigenvalue weighted by Gasteiger charge is 2.31. The maximum Gasteiger partial charge on any atom is 0.240 e. The molecule has 0 fully saturated rings. The van der Waals surface area contributed by atoms with Gasteiger partial charge in [0.1, 0.15) is 0 Å². The van der Waals surface area contributed by atoms with Crippen LogP contribution in [-0.2, 0) is 19.9 Å². The number of rotatable bonds is 7. The van der Waals surface area contributed by atoms with E-state index in [-0.39, 0.29) is 11.4 Å². The van der Waals surface area contributed by atoms with Gasteiger partial charge in [0, 0.05) is 25.0 Å². The number of sulfonamides is 1. The Hall–Kier alpha value is -1.12. The van der Waals surface area contributed by atoms with E-state index in [1.54, 1.807) is 12.1 Å². The van der Waals surface area contributed by atoms with Gasteiger partial charge in [-0.05, 0) is 45.0 Å². The molecule has 0 saturated carbocycles. The third-order valence-electron chi connectivity index (χ3n) is 3.24. The summed E-state index contributed by atoms with van der Waals surface area (Å²) < 4.78 is 48.6. The minimum Gasteiger partial charge on any atom is -0.385 e. The topological polar surface area (TPSA) is 92.3 Å².